The summed E-state index contributed by atoms with van der Waals surface area (Å²) in [7, 11) is 0. The van der Waals surface area contributed by atoms with E-state index >= 15 is 0 Å². The van der Waals surface area contributed by atoms with Crippen LogP contribution in [0.1, 0.15) is 43.6 Å². The van der Waals surface area contributed by atoms with Crippen molar-refractivity contribution in [3.8, 4) is 0 Å². The number of aliphatic imine (C=N–C) groups is 1. The molecule has 22 heavy (non-hydrogen) atoms. The minimum atomic E-state index is 0. The lowest BCUT2D eigenvalue weighted by molar-refractivity contribution is 0.391. The Bertz CT molecular complexity index is 447. The summed E-state index contributed by atoms with van der Waals surface area (Å²) in [5.74, 6) is 2.91. The molecule has 1 aromatic rings. The number of thioether (sulfide) groups is 1. The normalized spacial score (nSPS) is 15.6. The molecule has 126 valence electrons. The predicted octanol–water partition coefficient (Wildman–Crippen LogP) is 3.33. The smallest absolute Gasteiger partial charge is 0.191 e. The Morgan fingerprint density at radius 3 is 2.86 bits per heavy atom. The molecule has 0 unspecified atom stereocenters. The number of aromatic nitrogens is 1. The van der Waals surface area contributed by atoms with E-state index in [0.717, 1.165) is 30.4 Å². The van der Waals surface area contributed by atoms with Crippen molar-refractivity contribution in [2.24, 2.45) is 4.99 Å². The second kappa shape index (κ2) is 11.2. The SMILES string of the molecule is CSCCCNC(=NCc1cc(C)on1)NC1CCCC1.I. The summed E-state index contributed by atoms with van der Waals surface area (Å²) in [4.78, 5) is 4.63. The zero-order valence-corrected chi connectivity index (χ0v) is 16.6. The van der Waals surface area contributed by atoms with Crippen LogP contribution in [0.2, 0.25) is 0 Å². The quantitative estimate of drug-likeness (QED) is 0.296. The standard InChI is InChI=1S/C15H26N4OS.HI/c1-12-10-14(19-20-12)11-17-15(16-8-5-9-21-2)18-13-6-3-4-7-13;/h10,13H,3-9,11H2,1-2H3,(H2,16,17,18);1H. The van der Waals surface area contributed by atoms with Crippen molar-refractivity contribution in [2.45, 2.75) is 51.6 Å². The lowest BCUT2D eigenvalue weighted by Crippen LogP contribution is -2.42. The molecular formula is C15H27IN4OS. The summed E-state index contributed by atoms with van der Waals surface area (Å²) in [6.45, 7) is 3.41. The summed E-state index contributed by atoms with van der Waals surface area (Å²) in [5.41, 5.74) is 0.879. The van der Waals surface area contributed by atoms with Gasteiger partial charge >= 0.3 is 0 Å². The van der Waals surface area contributed by atoms with Crippen molar-refractivity contribution in [2.75, 3.05) is 18.6 Å². The van der Waals surface area contributed by atoms with Gasteiger partial charge in [-0.2, -0.15) is 11.8 Å². The highest BCUT2D eigenvalue weighted by molar-refractivity contribution is 14.0. The van der Waals surface area contributed by atoms with Gasteiger partial charge in [-0.1, -0.05) is 18.0 Å². The zero-order valence-electron chi connectivity index (χ0n) is 13.4. The molecule has 0 bridgehead atoms. The summed E-state index contributed by atoms with van der Waals surface area (Å²) in [6.07, 6.45) is 8.41. The van der Waals surface area contributed by atoms with Gasteiger partial charge in [0.05, 0.1) is 6.54 Å². The molecule has 0 spiro atoms. The predicted molar refractivity (Wildman–Crippen MR) is 104 cm³/mol. The number of halogens is 1. The number of nitrogens with zero attached hydrogens (tertiary/aromatic N) is 2. The molecule has 5 nitrogen and oxygen atoms in total. The van der Waals surface area contributed by atoms with E-state index in [0.29, 0.717) is 12.6 Å². The fourth-order valence-corrected chi connectivity index (χ4v) is 2.92. The molecule has 1 fully saturated rings. The number of aryl methyl sites for hydroxylation is 1. The number of hydrogen-bond acceptors (Lipinski definition) is 4. The van der Waals surface area contributed by atoms with E-state index in [-0.39, 0.29) is 24.0 Å². The molecule has 7 heteroatoms. The maximum absolute atomic E-state index is 5.08. The summed E-state index contributed by atoms with van der Waals surface area (Å²) in [5, 5.41) is 11.0. The second-order valence-electron chi connectivity index (χ2n) is 5.49. The van der Waals surface area contributed by atoms with Crippen LogP contribution in [0.15, 0.2) is 15.6 Å². The van der Waals surface area contributed by atoms with E-state index in [9.17, 15) is 0 Å². The van der Waals surface area contributed by atoms with Crippen LogP contribution < -0.4 is 10.6 Å². The Morgan fingerprint density at radius 1 is 1.45 bits per heavy atom. The highest BCUT2D eigenvalue weighted by Crippen LogP contribution is 2.17. The molecule has 1 aliphatic carbocycles. The van der Waals surface area contributed by atoms with Crippen LogP contribution >= 0.6 is 35.7 Å². The van der Waals surface area contributed by atoms with E-state index in [1.165, 1.54) is 31.4 Å². The van der Waals surface area contributed by atoms with Crippen molar-refractivity contribution in [3.63, 3.8) is 0 Å². The first-order valence-corrected chi connectivity index (χ1v) is 9.13. The van der Waals surface area contributed by atoms with Gasteiger partial charge in [0.25, 0.3) is 0 Å². The second-order valence-corrected chi connectivity index (χ2v) is 6.48. The molecule has 0 atom stereocenters. The van der Waals surface area contributed by atoms with Crippen molar-refractivity contribution in [1.82, 2.24) is 15.8 Å². The number of rotatable bonds is 7. The van der Waals surface area contributed by atoms with Gasteiger partial charge in [0, 0.05) is 18.7 Å². The van der Waals surface area contributed by atoms with E-state index < -0.39 is 0 Å². The van der Waals surface area contributed by atoms with Gasteiger partial charge in [-0.25, -0.2) is 4.99 Å². The van der Waals surface area contributed by atoms with Gasteiger partial charge < -0.3 is 15.2 Å². The first-order valence-electron chi connectivity index (χ1n) is 7.74. The van der Waals surface area contributed by atoms with Crippen LogP contribution in [0.25, 0.3) is 0 Å². The highest BCUT2D eigenvalue weighted by Gasteiger charge is 2.16. The Morgan fingerprint density at radius 2 is 2.23 bits per heavy atom. The van der Waals surface area contributed by atoms with E-state index in [1.54, 1.807) is 0 Å². The third-order valence-electron chi connectivity index (χ3n) is 3.59. The van der Waals surface area contributed by atoms with Gasteiger partial charge in [0.2, 0.25) is 0 Å². The average molecular weight is 438 g/mol. The molecule has 1 saturated carbocycles. The molecular weight excluding hydrogens is 411 g/mol. The third kappa shape index (κ3) is 7.21. The Labute approximate surface area is 154 Å². The monoisotopic (exact) mass is 438 g/mol. The largest absolute Gasteiger partial charge is 0.361 e. The molecule has 2 rings (SSSR count). The average Bonchev–Trinajstić information content (AvgIpc) is 3.12. The minimum absolute atomic E-state index is 0. The summed E-state index contributed by atoms with van der Waals surface area (Å²) < 4.78 is 5.08. The fourth-order valence-electron chi connectivity index (χ4n) is 2.49. The maximum atomic E-state index is 5.08. The van der Waals surface area contributed by atoms with Crippen LogP contribution in [-0.4, -0.2) is 35.7 Å². The first kappa shape index (κ1) is 19.6. The van der Waals surface area contributed by atoms with Crippen molar-refractivity contribution in [3.05, 3.63) is 17.5 Å². The lowest BCUT2D eigenvalue weighted by atomic mass is 10.2. The van der Waals surface area contributed by atoms with Crippen LogP contribution in [-0.2, 0) is 6.54 Å². The first-order chi connectivity index (χ1) is 10.3. The molecule has 0 amide bonds. The van der Waals surface area contributed by atoms with Crippen LogP contribution in [0, 0.1) is 6.92 Å². The summed E-state index contributed by atoms with van der Waals surface area (Å²) >= 11 is 1.88. The Balaban J connectivity index is 0.00000242. The zero-order chi connectivity index (χ0) is 14.9. The number of nitrogens with one attached hydrogen (secondary N) is 2. The maximum Gasteiger partial charge on any atom is 0.191 e. The Kier molecular flexibility index (Phi) is 9.94. The topological polar surface area (TPSA) is 62.5 Å². The minimum Gasteiger partial charge on any atom is -0.361 e. The van der Waals surface area contributed by atoms with Crippen LogP contribution in [0.3, 0.4) is 0 Å². The van der Waals surface area contributed by atoms with E-state index in [4.69, 9.17) is 4.52 Å². The fraction of sp³-hybridized carbons (Fsp3) is 0.733. The van der Waals surface area contributed by atoms with Gasteiger partial charge in [0.1, 0.15) is 11.5 Å². The van der Waals surface area contributed by atoms with Crippen LogP contribution in [0.4, 0.5) is 0 Å². The van der Waals surface area contributed by atoms with Gasteiger partial charge in [0.15, 0.2) is 5.96 Å². The van der Waals surface area contributed by atoms with E-state index in [2.05, 4.69) is 27.0 Å². The third-order valence-corrected chi connectivity index (χ3v) is 4.29. The molecule has 0 saturated heterocycles. The molecule has 1 aromatic heterocycles. The van der Waals surface area contributed by atoms with Gasteiger partial charge in [-0.05, 0) is 38.2 Å². The van der Waals surface area contributed by atoms with E-state index in [1.807, 2.05) is 24.8 Å². The highest BCUT2D eigenvalue weighted by atomic mass is 127. The Hall–Kier alpha value is -0.440. The molecule has 0 radical (unpaired) electrons. The summed E-state index contributed by atoms with van der Waals surface area (Å²) in [6, 6.07) is 2.50. The molecule has 1 aliphatic rings. The molecule has 1 heterocycles. The van der Waals surface area contributed by atoms with Crippen LogP contribution in [0.5, 0.6) is 0 Å². The molecule has 0 aliphatic heterocycles. The lowest BCUT2D eigenvalue weighted by Gasteiger charge is -2.17. The molecule has 2 N–H and O–H groups in total. The van der Waals surface area contributed by atoms with Crippen molar-refractivity contribution < 1.29 is 4.52 Å². The number of guanidine groups is 1. The molecule has 0 aromatic carbocycles. The van der Waals surface area contributed by atoms with Crippen molar-refractivity contribution in [1.29, 1.82) is 0 Å². The van der Waals surface area contributed by atoms with Crippen molar-refractivity contribution >= 4 is 41.7 Å². The van der Waals surface area contributed by atoms with Gasteiger partial charge in [-0.15, -0.1) is 24.0 Å². The van der Waals surface area contributed by atoms with Gasteiger partial charge in [-0.3, -0.25) is 0 Å². The number of hydrogen-bond donors (Lipinski definition) is 2.